The predicted octanol–water partition coefficient (Wildman–Crippen LogP) is 0.587. The first-order chi connectivity index (χ1) is 9.11. The van der Waals surface area contributed by atoms with Gasteiger partial charge in [0.1, 0.15) is 0 Å². The second-order valence-electron chi connectivity index (χ2n) is 3.94. The van der Waals surface area contributed by atoms with Crippen LogP contribution in [0, 0.1) is 0 Å². The quantitative estimate of drug-likeness (QED) is 0.634. The molecule has 0 radical (unpaired) electrons. The van der Waals surface area contributed by atoms with Gasteiger partial charge in [-0.25, -0.2) is 0 Å². The predicted molar refractivity (Wildman–Crippen MR) is 67.4 cm³/mol. The molecule has 0 bridgehead atoms. The van der Waals surface area contributed by atoms with Crippen molar-refractivity contribution in [1.82, 2.24) is 5.32 Å². The molecule has 10 heteroatoms. The Morgan fingerprint density at radius 2 is 2.10 bits per heavy atom. The Hall–Kier alpha value is -0.870. The van der Waals surface area contributed by atoms with Crippen LogP contribution in [0.4, 0.5) is 13.2 Å². The Labute approximate surface area is 121 Å². The van der Waals surface area contributed by atoms with Gasteiger partial charge in [0.15, 0.2) is 11.7 Å². The highest BCUT2D eigenvalue weighted by Crippen LogP contribution is 2.31. The Morgan fingerprint density at radius 1 is 1.50 bits per heavy atom. The molecule has 0 saturated heterocycles. The number of carbonyl (C=O) groups is 1. The Morgan fingerprint density at radius 3 is 2.50 bits per heavy atom. The average molecular weight is 333 g/mol. The Bertz CT molecular complexity index is 483. The number of halogens is 4. The summed E-state index contributed by atoms with van der Waals surface area (Å²) in [4.78, 5) is 11.9. The maximum absolute atomic E-state index is 12.1. The van der Waals surface area contributed by atoms with E-state index in [1.165, 1.54) is 12.1 Å². The van der Waals surface area contributed by atoms with Gasteiger partial charge in [-0.1, -0.05) is 11.6 Å². The van der Waals surface area contributed by atoms with Gasteiger partial charge in [-0.2, -0.15) is 13.2 Å². The van der Waals surface area contributed by atoms with Crippen LogP contribution in [0.2, 0.25) is 4.34 Å². The van der Waals surface area contributed by atoms with Crippen LogP contribution < -0.4 is 11.1 Å². The molecule has 0 spiro atoms. The third kappa shape index (κ3) is 3.83. The van der Waals surface area contributed by atoms with Crippen molar-refractivity contribution >= 4 is 28.8 Å². The maximum Gasteiger partial charge on any atom is 0.416 e. The molecule has 1 rings (SSSR count). The van der Waals surface area contributed by atoms with Gasteiger partial charge in [0, 0.05) is 11.4 Å². The zero-order chi connectivity index (χ0) is 15.6. The molecular weight excluding hydrogens is 321 g/mol. The summed E-state index contributed by atoms with van der Waals surface area (Å²) in [7, 11) is 0. The maximum atomic E-state index is 12.1. The normalized spacial score (nSPS) is 16.6. The highest BCUT2D eigenvalue weighted by atomic mass is 35.5. The van der Waals surface area contributed by atoms with Crippen molar-refractivity contribution in [3.8, 4) is 0 Å². The number of thiophene rings is 1. The molecule has 0 aliphatic heterocycles. The molecule has 1 aromatic rings. The zero-order valence-electron chi connectivity index (χ0n) is 9.95. The van der Waals surface area contributed by atoms with Gasteiger partial charge in [-0.05, 0) is 12.1 Å². The lowest BCUT2D eigenvalue weighted by atomic mass is 10.0. The molecule has 2 unspecified atom stereocenters. The van der Waals surface area contributed by atoms with Crippen molar-refractivity contribution in [1.29, 1.82) is 0 Å². The summed E-state index contributed by atoms with van der Waals surface area (Å²) in [6, 6.07) is 2.76. The van der Waals surface area contributed by atoms with Crippen LogP contribution in [0.3, 0.4) is 0 Å². The minimum atomic E-state index is -4.86. The molecule has 0 aliphatic rings. The summed E-state index contributed by atoms with van der Waals surface area (Å²) in [6.07, 6.45) is -7.58. The summed E-state index contributed by atoms with van der Waals surface area (Å²) < 4.78 is 36.6. The van der Waals surface area contributed by atoms with Crippen LogP contribution >= 0.6 is 22.9 Å². The first-order valence-electron chi connectivity index (χ1n) is 5.32. The first-order valence-corrected chi connectivity index (χ1v) is 6.52. The molecule has 5 N–H and O–H groups in total. The monoisotopic (exact) mass is 332 g/mol. The first kappa shape index (κ1) is 17.2. The molecule has 5 nitrogen and oxygen atoms in total. The Balaban J connectivity index is 2.78. The van der Waals surface area contributed by atoms with Crippen LogP contribution in [0.15, 0.2) is 12.1 Å². The fourth-order valence-electron chi connectivity index (χ4n) is 1.29. The van der Waals surface area contributed by atoms with Gasteiger partial charge in [0.2, 0.25) is 0 Å². The molecule has 1 heterocycles. The van der Waals surface area contributed by atoms with Crippen molar-refractivity contribution in [2.45, 2.75) is 17.9 Å². The SMILES string of the molecule is NCC(O)(C(=O)NCC(O)C(F)(F)F)c1ccc(Cl)s1. The van der Waals surface area contributed by atoms with Gasteiger partial charge in [0.05, 0.1) is 10.9 Å². The number of hydrogen-bond acceptors (Lipinski definition) is 5. The van der Waals surface area contributed by atoms with E-state index in [9.17, 15) is 23.1 Å². The van der Waals surface area contributed by atoms with Crippen molar-refractivity contribution < 1.29 is 28.2 Å². The van der Waals surface area contributed by atoms with Crippen LogP contribution in [-0.4, -0.2) is 41.5 Å². The van der Waals surface area contributed by atoms with Crippen molar-refractivity contribution in [3.63, 3.8) is 0 Å². The van der Waals surface area contributed by atoms with E-state index < -0.39 is 36.9 Å². The zero-order valence-corrected chi connectivity index (χ0v) is 11.5. The van der Waals surface area contributed by atoms with E-state index in [0.717, 1.165) is 11.3 Å². The highest BCUT2D eigenvalue weighted by Gasteiger charge is 2.41. The molecule has 1 aromatic heterocycles. The molecule has 1 amide bonds. The number of aliphatic hydroxyl groups excluding tert-OH is 1. The van der Waals surface area contributed by atoms with E-state index >= 15 is 0 Å². The topological polar surface area (TPSA) is 95.6 Å². The van der Waals surface area contributed by atoms with Gasteiger partial charge < -0.3 is 21.3 Å². The standard InChI is InChI=1S/C10H12ClF3N2O3S/c11-7-2-1-6(20-7)9(19,4-15)8(18)16-3-5(17)10(12,13)14/h1-2,5,17,19H,3-4,15H2,(H,16,18). The van der Waals surface area contributed by atoms with Gasteiger partial charge >= 0.3 is 6.18 Å². The fraction of sp³-hybridized carbons (Fsp3) is 0.500. The molecule has 0 aromatic carbocycles. The summed E-state index contributed by atoms with van der Waals surface area (Å²) >= 11 is 6.54. The second kappa shape index (κ2) is 6.27. The van der Waals surface area contributed by atoms with Crippen LogP contribution in [0.25, 0.3) is 0 Å². The fourth-order valence-corrected chi connectivity index (χ4v) is 2.43. The summed E-state index contributed by atoms with van der Waals surface area (Å²) in [5.74, 6) is -1.14. The average Bonchev–Trinajstić information content (AvgIpc) is 2.80. The molecule has 0 fully saturated rings. The molecule has 0 aliphatic carbocycles. The number of nitrogens with one attached hydrogen (secondary N) is 1. The third-order valence-electron chi connectivity index (χ3n) is 2.49. The molecule has 2 atom stereocenters. The van der Waals surface area contributed by atoms with E-state index in [2.05, 4.69) is 0 Å². The Kier molecular flexibility index (Phi) is 5.39. The summed E-state index contributed by atoms with van der Waals surface area (Å²) in [5, 5.41) is 20.7. The number of hydrogen-bond donors (Lipinski definition) is 4. The van der Waals surface area contributed by atoms with Crippen molar-refractivity contribution in [2.24, 2.45) is 5.73 Å². The minimum absolute atomic E-state index is 0.101. The third-order valence-corrected chi connectivity index (χ3v) is 3.87. The van der Waals surface area contributed by atoms with E-state index in [1.54, 1.807) is 0 Å². The number of alkyl halides is 3. The number of nitrogens with two attached hydrogens (primary N) is 1. The van der Waals surface area contributed by atoms with Gasteiger partial charge in [-0.3, -0.25) is 4.79 Å². The largest absolute Gasteiger partial charge is 0.416 e. The molecule has 0 saturated carbocycles. The second-order valence-corrected chi connectivity index (χ2v) is 5.65. The smallest absolute Gasteiger partial charge is 0.382 e. The van der Waals surface area contributed by atoms with Crippen LogP contribution in [-0.2, 0) is 10.4 Å². The van der Waals surface area contributed by atoms with E-state index in [0.29, 0.717) is 0 Å². The van der Waals surface area contributed by atoms with Crippen molar-refractivity contribution in [3.05, 3.63) is 21.3 Å². The molecule has 114 valence electrons. The van der Waals surface area contributed by atoms with Crippen LogP contribution in [0.5, 0.6) is 0 Å². The lowest BCUT2D eigenvalue weighted by Gasteiger charge is -2.25. The summed E-state index contributed by atoms with van der Waals surface area (Å²) in [5.41, 5.74) is 3.12. The van der Waals surface area contributed by atoms with Crippen molar-refractivity contribution in [2.75, 3.05) is 13.1 Å². The van der Waals surface area contributed by atoms with Gasteiger partial charge in [0.25, 0.3) is 5.91 Å². The van der Waals surface area contributed by atoms with E-state index in [4.69, 9.17) is 22.4 Å². The lowest BCUT2D eigenvalue weighted by molar-refractivity contribution is -0.202. The number of aliphatic hydroxyl groups is 2. The summed E-state index contributed by atoms with van der Waals surface area (Å²) in [6.45, 7) is -1.62. The number of carbonyl (C=O) groups excluding carboxylic acids is 1. The number of rotatable bonds is 5. The minimum Gasteiger partial charge on any atom is -0.382 e. The molecule has 20 heavy (non-hydrogen) atoms. The van der Waals surface area contributed by atoms with E-state index in [1.807, 2.05) is 5.32 Å². The van der Waals surface area contributed by atoms with Crippen LogP contribution in [0.1, 0.15) is 4.88 Å². The highest BCUT2D eigenvalue weighted by molar-refractivity contribution is 7.16. The molecular formula is C10H12ClF3N2O3S. The van der Waals surface area contributed by atoms with Gasteiger partial charge in [-0.15, -0.1) is 11.3 Å². The van der Waals surface area contributed by atoms with E-state index in [-0.39, 0.29) is 9.21 Å². The number of amides is 1. The lowest BCUT2D eigenvalue weighted by Crippen LogP contribution is -2.52.